The minimum Gasteiger partial charge on any atom is -0.413 e. The summed E-state index contributed by atoms with van der Waals surface area (Å²) in [4.78, 5) is 0.528. The minimum atomic E-state index is -1.44. The second-order valence-electron chi connectivity index (χ2n) is 4.06. The van der Waals surface area contributed by atoms with E-state index in [4.69, 9.17) is 4.43 Å². The van der Waals surface area contributed by atoms with Crippen molar-refractivity contribution in [2.24, 2.45) is 0 Å². The van der Waals surface area contributed by atoms with E-state index < -0.39 is 8.32 Å². The molecule has 1 aliphatic rings. The molecule has 3 unspecified atom stereocenters. The molecule has 12 heavy (non-hydrogen) atoms. The van der Waals surface area contributed by atoms with Gasteiger partial charge < -0.3 is 4.43 Å². The predicted octanol–water partition coefficient (Wildman–Crippen LogP) is 3.01. The van der Waals surface area contributed by atoms with Gasteiger partial charge in [-0.3, -0.25) is 0 Å². The molecule has 1 rings (SSSR count). The number of rotatable bonds is 2. The fourth-order valence-corrected chi connectivity index (χ4v) is 5.98. The average Bonchev–Trinajstić information content (AvgIpc) is 2.02. The Morgan fingerprint density at radius 2 is 2.33 bits per heavy atom. The quantitative estimate of drug-likeness (QED) is 0.537. The fourth-order valence-electron chi connectivity index (χ4n) is 1.99. The lowest BCUT2D eigenvalue weighted by molar-refractivity contribution is 0.175. The highest BCUT2D eigenvalue weighted by Gasteiger charge is 2.39. The largest absolute Gasteiger partial charge is 0.413 e. The molecule has 1 aliphatic heterocycles. The maximum Gasteiger partial charge on any atom is 0.202 e. The van der Waals surface area contributed by atoms with Crippen molar-refractivity contribution >= 4 is 20.9 Å². The number of hydrogen-bond acceptors (Lipinski definition) is 2. The van der Waals surface area contributed by atoms with Gasteiger partial charge in [-0.05, 0) is 32.4 Å². The second kappa shape index (κ2) is 4.16. The van der Waals surface area contributed by atoms with Crippen molar-refractivity contribution < 1.29 is 4.43 Å². The van der Waals surface area contributed by atoms with Crippen LogP contribution in [0.25, 0.3) is 0 Å². The highest BCUT2D eigenvalue weighted by atomic mass is 32.1. The third-order valence-electron chi connectivity index (χ3n) is 2.85. The number of hydrogen-bond donors (Lipinski definition) is 1. The van der Waals surface area contributed by atoms with Crippen molar-refractivity contribution in [1.29, 1.82) is 0 Å². The SMILES string of the molecule is CCC(S)[Si]1(C)CCCC(C)O1. The fraction of sp³-hybridized carbons (Fsp3) is 1.00. The zero-order valence-corrected chi connectivity index (χ0v) is 10.2. The molecule has 1 nitrogen and oxygen atoms in total. The summed E-state index contributed by atoms with van der Waals surface area (Å²) in [5.41, 5.74) is 0. The van der Waals surface area contributed by atoms with Gasteiger partial charge in [0.25, 0.3) is 0 Å². The van der Waals surface area contributed by atoms with Crippen LogP contribution in [0.4, 0.5) is 0 Å². The van der Waals surface area contributed by atoms with Crippen LogP contribution in [0.5, 0.6) is 0 Å². The Balaban J connectivity index is 2.56. The van der Waals surface area contributed by atoms with Gasteiger partial charge in [-0.1, -0.05) is 13.3 Å². The summed E-state index contributed by atoms with van der Waals surface area (Å²) in [6.07, 6.45) is 4.23. The molecule has 0 amide bonds. The van der Waals surface area contributed by atoms with E-state index in [0.29, 0.717) is 11.0 Å². The summed E-state index contributed by atoms with van der Waals surface area (Å²) in [5.74, 6) is 0. The highest BCUT2D eigenvalue weighted by molar-refractivity contribution is 7.83. The second-order valence-corrected chi connectivity index (χ2v) is 9.22. The van der Waals surface area contributed by atoms with Crippen LogP contribution in [-0.4, -0.2) is 19.3 Å². The molecular weight excluding hydrogens is 184 g/mol. The Morgan fingerprint density at radius 1 is 1.67 bits per heavy atom. The van der Waals surface area contributed by atoms with Crippen molar-refractivity contribution in [2.75, 3.05) is 0 Å². The zero-order valence-electron chi connectivity index (χ0n) is 8.34. The molecule has 0 bridgehead atoms. The first-order chi connectivity index (χ1) is 5.58. The van der Waals surface area contributed by atoms with E-state index in [9.17, 15) is 0 Å². The van der Waals surface area contributed by atoms with E-state index in [1.807, 2.05) is 0 Å². The predicted molar refractivity (Wildman–Crippen MR) is 59.3 cm³/mol. The Labute approximate surface area is 82.4 Å². The van der Waals surface area contributed by atoms with Gasteiger partial charge in [0.1, 0.15) is 0 Å². The van der Waals surface area contributed by atoms with Gasteiger partial charge in [-0.25, -0.2) is 0 Å². The molecule has 0 aliphatic carbocycles. The first-order valence-electron chi connectivity index (χ1n) is 4.94. The van der Waals surface area contributed by atoms with Crippen LogP contribution in [0.15, 0.2) is 0 Å². The molecule has 0 aromatic rings. The zero-order chi connectivity index (χ0) is 9.19. The van der Waals surface area contributed by atoms with Gasteiger partial charge in [-0.15, -0.1) is 0 Å². The maximum atomic E-state index is 6.09. The Bertz CT molecular complexity index is 153. The van der Waals surface area contributed by atoms with E-state index in [1.54, 1.807) is 0 Å². The standard InChI is InChI=1S/C9H20OSSi/c1-4-9(11)12(3)7-5-6-8(2)10-12/h8-9,11H,4-7H2,1-3H3. The molecule has 0 N–H and O–H groups in total. The van der Waals surface area contributed by atoms with E-state index in [-0.39, 0.29) is 0 Å². The molecule has 3 heteroatoms. The van der Waals surface area contributed by atoms with E-state index >= 15 is 0 Å². The molecule has 3 atom stereocenters. The van der Waals surface area contributed by atoms with Crippen LogP contribution in [0.1, 0.15) is 33.1 Å². The summed E-state index contributed by atoms with van der Waals surface area (Å²) in [7, 11) is -1.44. The van der Waals surface area contributed by atoms with Gasteiger partial charge >= 0.3 is 0 Å². The summed E-state index contributed by atoms with van der Waals surface area (Å²) in [6.45, 7) is 6.74. The highest BCUT2D eigenvalue weighted by Crippen LogP contribution is 2.31. The molecule has 0 aromatic carbocycles. The summed E-state index contributed by atoms with van der Waals surface area (Å²) >= 11 is 4.64. The lowest BCUT2D eigenvalue weighted by Crippen LogP contribution is -2.49. The molecule has 0 radical (unpaired) electrons. The molecule has 1 heterocycles. The van der Waals surface area contributed by atoms with Crippen molar-refractivity contribution in [1.82, 2.24) is 0 Å². The minimum absolute atomic E-state index is 0.483. The van der Waals surface area contributed by atoms with Gasteiger partial charge in [-0.2, -0.15) is 12.6 Å². The van der Waals surface area contributed by atoms with Gasteiger partial charge in [0.05, 0.1) is 0 Å². The van der Waals surface area contributed by atoms with Crippen molar-refractivity contribution in [2.45, 2.75) is 56.7 Å². The lowest BCUT2D eigenvalue weighted by atomic mass is 10.2. The van der Waals surface area contributed by atoms with Crippen LogP contribution in [-0.2, 0) is 4.43 Å². The molecule has 0 spiro atoms. The van der Waals surface area contributed by atoms with Crippen molar-refractivity contribution in [3.05, 3.63) is 0 Å². The Hall–Kier alpha value is 0.527. The van der Waals surface area contributed by atoms with Crippen LogP contribution in [0.2, 0.25) is 12.6 Å². The first-order valence-corrected chi connectivity index (χ1v) is 8.15. The first kappa shape index (κ1) is 10.6. The monoisotopic (exact) mass is 204 g/mol. The van der Waals surface area contributed by atoms with E-state index in [2.05, 4.69) is 33.0 Å². The summed E-state index contributed by atoms with van der Waals surface area (Å²) in [5, 5.41) is 0. The van der Waals surface area contributed by atoms with Gasteiger partial charge in [0.15, 0.2) is 0 Å². The third kappa shape index (κ3) is 2.27. The summed E-state index contributed by atoms with van der Waals surface area (Å²) in [6, 6.07) is 1.30. The normalized spacial score (nSPS) is 39.5. The van der Waals surface area contributed by atoms with Gasteiger partial charge in [0.2, 0.25) is 8.32 Å². The van der Waals surface area contributed by atoms with Gasteiger partial charge in [0, 0.05) is 11.0 Å². The van der Waals surface area contributed by atoms with E-state index in [0.717, 1.165) is 6.42 Å². The Kier molecular flexibility index (Phi) is 3.68. The van der Waals surface area contributed by atoms with Crippen LogP contribution in [0.3, 0.4) is 0 Å². The number of thiol groups is 1. The molecule has 1 fully saturated rings. The lowest BCUT2D eigenvalue weighted by Gasteiger charge is -2.39. The molecule has 72 valence electrons. The molecule has 0 aromatic heterocycles. The summed E-state index contributed by atoms with van der Waals surface area (Å²) < 4.78 is 6.09. The molecule has 0 saturated carbocycles. The maximum absolute atomic E-state index is 6.09. The average molecular weight is 204 g/mol. The van der Waals surface area contributed by atoms with Crippen molar-refractivity contribution in [3.63, 3.8) is 0 Å². The molecular formula is C9H20OSSi. The van der Waals surface area contributed by atoms with Crippen molar-refractivity contribution in [3.8, 4) is 0 Å². The smallest absolute Gasteiger partial charge is 0.202 e. The van der Waals surface area contributed by atoms with Crippen LogP contribution < -0.4 is 0 Å². The molecule has 1 saturated heterocycles. The van der Waals surface area contributed by atoms with E-state index in [1.165, 1.54) is 18.9 Å². The topological polar surface area (TPSA) is 9.23 Å². The van der Waals surface area contributed by atoms with Crippen LogP contribution in [0, 0.1) is 0 Å². The van der Waals surface area contributed by atoms with Crippen LogP contribution >= 0.6 is 12.6 Å². The third-order valence-corrected chi connectivity index (χ3v) is 8.95. The Morgan fingerprint density at radius 3 is 2.83 bits per heavy atom.